The highest BCUT2D eigenvalue weighted by Gasteiger charge is 2.49. The van der Waals surface area contributed by atoms with E-state index in [0.29, 0.717) is 16.8 Å². The monoisotopic (exact) mass is 2000 g/mol. The van der Waals surface area contributed by atoms with Crippen molar-refractivity contribution in [1.82, 2.24) is 42.5 Å². The summed E-state index contributed by atoms with van der Waals surface area (Å²) in [5, 5.41) is 54.2. The highest BCUT2D eigenvalue weighted by Crippen LogP contribution is 2.26. The quantitative estimate of drug-likeness (QED) is 0.00465. The highest BCUT2D eigenvalue weighted by atomic mass is 16.6. The molecule has 11 atom stereocenters. The number of alkyl carbamates (subject to hydrolysis) is 3. The Hall–Kier alpha value is -13.9. The first-order valence-electron chi connectivity index (χ1n) is 46.3. The molecular weight excluding hydrogens is 1850 g/mol. The molecule has 0 saturated carbocycles. The Morgan fingerprint density at radius 3 is 0.889 bits per heavy atom. The van der Waals surface area contributed by atoms with Crippen LogP contribution in [0.5, 0.6) is 0 Å². The fourth-order valence-corrected chi connectivity index (χ4v) is 12.7. The molecule has 0 aromatic heterocycles. The number of aliphatic carboxylic acids is 1. The third-order valence-corrected chi connectivity index (χ3v) is 21.2. The van der Waals surface area contributed by atoms with E-state index in [9.17, 15) is 73.3 Å². The second kappa shape index (κ2) is 59.2. The van der Waals surface area contributed by atoms with Crippen LogP contribution in [-0.2, 0) is 66.7 Å². The number of amides is 4. The number of carbonyl (C=O) groups excluding carboxylic acids is 9. The zero-order valence-electron chi connectivity index (χ0n) is 89.0. The van der Waals surface area contributed by atoms with Crippen LogP contribution in [-0.4, -0.2) is 197 Å². The minimum Gasteiger partial charge on any atom is -0.480 e. The van der Waals surface area contributed by atoms with Crippen LogP contribution in [0.15, 0.2) is 200 Å². The van der Waals surface area contributed by atoms with E-state index in [2.05, 4.69) is 75.7 Å². The maximum Gasteiger partial charge on any atom is 0.408 e. The van der Waals surface area contributed by atoms with Crippen molar-refractivity contribution in [3.63, 3.8) is 0 Å². The van der Waals surface area contributed by atoms with Gasteiger partial charge in [-0.05, 0) is 241 Å². The number of nitrogens with two attached hydrogens (primary N) is 4. The number of esters is 5. The van der Waals surface area contributed by atoms with Crippen molar-refractivity contribution in [3.8, 4) is 23.7 Å². The van der Waals surface area contributed by atoms with Gasteiger partial charge in [-0.2, -0.15) is 0 Å². The summed E-state index contributed by atoms with van der Waals surface area (Å²) in [7, 11) is 6.37. The maximum atomic E-state index is 12.9. The lowest BCUT2D eigenvalue weighted by atomic mass is 9.93. The van der Waals surface area contributed by atoms with Crippen molar-refractivity contribution >= 4 is 65.7 Å². The second-order valence-electron chi connectivity index (χ2n) is 39.9. The molecule has 0 fully saturated rings. The van der Waals surface area contributed by atoms with E-state index in [1.807, 2.05) is 191 Å². The molecule has 0 saturated heterocycles. The topological polar surface area (TPSA) is 551 Å². The van der Waals surface area contributed by atoms with Crippen LogP contribution < -0.4 is 65.5 Å². The van der Waals surface area contributed by atoms with E-state index in [0.717, 1.165) is 27.8 Å². The van der Waals surface area contributed by atoms with Crippen LogP contribution in [0.4, 0.5) is 20.1 Å². The number of rotatable bonds is 32. The molecule has 0 spiro atoms. The molecule has 0 bridgehead atoms. The van der Waals surface area contributed by atoms with Crippen LogP contribution in [0.2, 0.25) is 0 Å². The number of methoxy groups -OCH3 is 5. The number of carboxylic acid groups (broad SMARTS) is 1. The molecule has 7 rings (SSSR count). The van der Waals surface area contributed by atoms with E-state index in [-0.39, 0.29) is 36.2 Å². The van der Waals surface area contributed by atoms with Gasteiger partial charge in [-0.25, -0.2) is 19.2 Å². The van der Waals surface area contributed by atoms with Crippen LogP contribution in [0.3, 0.4) is 0 Å². The van der Waals surface area contributed by atoms with Crippen LogP contribution in [0.25, 0.3) is 0 Å². The number of nitrogens with one attached hydrogen (secondary N) is 8. The number of ether oxygens (including phenoxy) is 8. The van der Waals surface area contributed by atoms with Gasteiger partial charge >= 0.3 is 54.1 Å². The Morgan fingerprint density at radius 2 is 0.604 bits per heavy atom. The summed E-state index contributed by atoms with van der Waals surface area (Å²) in [6.45, 7) is 44.3. The van der Waals surface area contributed by atoms with Crippen molar-refractivity contribution in [2.75, 3.05) is 41.3 Å². The van der Waals surface area contributed by atoms with Crippen LogP contribution in [0, 0.1) is 43.9 Å². The lowest BCUT2D eigenvalue weighted by molar-refractivity contribution is -0.563. The smallest absolute Gasteiger partial charge is 0.408 e. The molecule has 0 aliphatic heterocycles. The molecule has 0 radical (unpaired) electrons. The molecule has 37 heteroatoms. The highest BCUT2D eigenvalue weighted by molar-refractivity contribution is 5.97. The van der Waals surface area contributed by atoms with Crippen molar-refractivity contribution < 1.29 is 101 Å². The molecule has 0 aliphatic rings. The summed E-state index contributed by atoms with van der Waals surface area (Å²) >= 11 is 0. The van der Waals surface area contributed by atoms with Gasteiger partial charge in [-0.3, -0.25) is 70.3 Å². The van der Waals surface area contributed by atoms with Crippen LogP contribution in [0.1, 0.15) is 260 Å². The van der Waals surface area contributed by atoms with Gasteiger partial charge in [0.05, 0.1) is 52.2 Å². The molecule has 0 heterocycles. The fourth-order valence-electron chi connectivity index (χ4n) is 12.7. The molecule has 0 aliphatic carbocycles. The van der Waals surface area contributed by atoms with Gasteiger partial charge in [-0.15, -0.1) is 0 Å². The molecule has 17 N–H and O–H groups in total. The van der Waals surface area contributed by atoms with Crippen LogP contribution >= 0.6 is 0 Å². The summed E-state index contributed by atoms with van der Waals surface area (Å²) in [6.07, 6.45) is -1.93. The molecule has 4 amide bonds. The number of nitro groups is 2. The van der Waals surface area contributed by atoms with Gasteiger partial charge in [0.25, 0.3) is 5.91 Å². The number of carboxylic acids is 1. The third-order valence-electron chi connectivity index (χ3n) is 21.2. The number of hydrogen-bond donors (Lipinski definition) is 13. The first-order valence-corrected chi connectivity index (χ1v) is 46.3. The molecule has 790 valence electrons. The Bertz CT molecular complexity index is 5330. The van der Waals surface area contributed by atoms with Crippen molar-refractivity contribution in [3.05, 3.63) is 265 Å². The lowest BCUT2D eigenvalue weighted by Gasteiger charge is -2.36. The van der Waals surface area contributed by atoms with E-state index >= 15 is 0 Å². The van der Waals surface area contributed by atoms with E-state index < -0.39 is 150 Å². The normalized spacial score (nSPS) is 13.6. The number of benzene rings is 7. The average Bonchev–Trinajstić information content (AvgIpc) is 0.705. The summed E-state index contributed by atoms with van der Waals surface area (Å²) in [6, 6.07) is 55.8. The second-order valence-corrected chi connectivity index (χ2v) is 39.9. The van der Waals surface area contributed by atoms with Gasteiger partial charge in [0.1, 0.15) is 41.0 Å². The zero-order valence-corrected chi connectivity index (χ0v) is 89.0. The van der Waals surface area contributed by atoms with Crippen molar-refractivity contribution in [2.45, 2.75) is 297 Å². The molecule has 144 heavy (non-hydrogen) atoms. The fraction of sp³-hybridized carbons (Fsp3) is 0.477. The minimum absolute atomic E-state index is 0.0260. The Labute approximate surface area is 848 Å². The third kappa shape index (κ3) is 47.3. The summed E-state index contributed by atoms with van der Waals surface area (Å²) in [5.41, 5.74) is 21.8. The van der Waals surface area contributed by atoms with Gasteiger partial charge < -0.3 is 87.2 Å². The van der Waals surface area contributed by atoms with E-state index in [1.54, 1.807) is 161 Å². The zero-order chi connectivity index (χ0) is 110. The van der Waals surface area contributed by atoms with E-state index in [4.69, 9.17) is 51.4 Å². The largest absolute Gasteiger partial charge is 0.480 e. The number of nitrogen functional groups attached to an aromatic ring is 1. The number of anilines is 1. The summed E-state index contributed by atoms with van der Waals surface area (Å²) in [4.78, 5) is 141. The number of nitrogens with zero attached hydrogens (tertiary/aromatic N) is 2. The Kier molecular flexibility index (Phi) is 52.7. The molecular formula is C107H154N14O23. The van der Waals surface area contributed by atoms with Gasteiger partial charge in [0, 0.05) is 95.7 Å². The minimum atomic E-state index is -1.59. The van der Waals surface area contributed by atoms with Crippen molar-refractivity contribution in [2.24, 2.45) is 17.2 Å². The number of carbonyl (C=O) groups is 10. The average molecular weight is 2000 g/mol. The Balaban J connectivity index is 0.000000865. The van der Waals surface area contributed by atoms with Gasteiger partial charge in [-0.1, -0.05) is 164 Å². The molecule has 7 aromatic carbocycles. The number of hydrogen-bond acceptors (Lipinski definition) is 30. The van der Waals surface area contributed by atoms with Gasteiger partial charge in [0.2, 0.25) is 11.1 Å². The first-order chi connectivity index (χ1) is 66.5. The summed E-state index contributed by atoms with van der Waals surface area (Å²) < 4.78 is 39.4. The lowest BCUT2D eigenvalue weighted by Crippen LogP contribution is -2.62. The molecule has 0 unspecified atom stereocenters. The molecule has 37 nitrogen and oxygen atoms in total. The predicted molar refractivity (Wildman–Crippen MR) is 555 cm³/mol. The first kappa shape index (κ1) is 128. The van der Waals surface area contributed by atoms with E-state index in [1.165, 1.54) is 68.8 Å². The Morgan fingerprint density at radius 1 is 0.347 bits per heavy atom. The standard InChI is InChI=1S/C28H31N3O5.C19H30N2O4.C14H20N2O4.C14H22N2O2.C13H18N2O4.C11H22N2O4.C8H11N/c1-27(2,3)36-26(34)31-28(4,5)23(25(33)35-6)30-24(32)21-15-11-19(12-16-21)9-7-8-10-20-13-17-22(29)18-14-20;1-13(14-11-9-8-10-12-14)20-15(16(22)24-7)19(5,6)21-17(23)25-18(2,3)4;1-10(11-8-6-5-7-9-11)15-12(13(17)20-4)14(2,3)16(18)19;1-10(11-8-6-5-7-9-11)16-12(13(17)18-4)14(2,3)15;1-9(10-7-5-4-6-8-10)14-11(12(16)17)13(2,3)15(18)19;1-10(2,3)17-9(15)13-11(4,5)7(12)8(14)16-6;1-7(9)8-5-3-2-4-6-8/h11-18,23H,29H2,1-6H3,(H,30,32)(H,31,34);8-13,15,20H,1-7H3,(H,21,23);5-10,12,15H,1-4H3;5-10,12,16H,15H2,1-4H3;4-9,11,14H,1-3H3,(H,16,17);7H,12H2,1-6H3,(H,13,15);2-7H,9H2,1H3/t23-;13-,15+;2*10-,12+;9-,11+;2*7-/m1000010/s1. The maximum absolute atomic E-state index is 12.9. The predicted octanol–water partition coefficient (Wildman–Crippen LogP) is 14.3. The SMILES string of the molecule is COC(=O)[C@@H](N)C(C)(C)NC(=O)OC(C)(C)C.COC(=O)[C@@H](NC(=O)c1ccc(C#CC#Cc2ccc(N)cc2)cc1)C(C)(C)NC(=O)OC(C)(C)C.COC(=O)[C@@H](N[C@@H](C)c1ccccc1)C(C)(C)N.COC(=O)[C@@H](N[C@@H](C)c1ccccc1)C(C)(C)NC(=O)OC(C)(C)C.COC(=O)[C@@H](N[C@@H](C)c1ccccc1)C(C)(C)[N+](=O)[O-].C[C@H](N)c1ccccc1.C[C@H](N[C@H](C(=O)O)C(C)(C)[N+](=O)[O-])c1ccccc1. The molecule has 7 aromatic rings. The summed E-state index contributed by atoms with van der Waals surface area (Å²) in [5.74, 6) is 6.87. The van der Waals surface area contributed by atoms with Crippen molar-refractivity contribution in [1.29, 1.82) is 0 Å². The van der Waals surface area contributed by atoms with Gasteiger partial charge in [0.15, 0.2) is 12.1 Å².